The number of rotatable bonds is 2. The summed E-state index contributed by atoms with van der Waals surface area (Å²) in [5, 5.41) is 0. The number of hydrogen-bond donors (Lipinski definition) is 1. The van der Waals surface area contributed by atoms with Gasteiger partial charge in [0.25, 0.3) is 0 Å². The summed E-state index contributed by atoms with van der Waals surface area (Å²) in [5.41, 5.74) is 6.50. The van der Waals surface area contributed by atoms with Crippen molar-refractivity contribution in [3.8, 4) is 0 Å². The minimum Gasteiger partial charge on any atom is -0.389 e. The number of piperidine rings is 1. The fourth-order valence-electron chi connectivity index (χ4n) is 2.45. The smallest absolute Gasteiger partial charge is 0.142 e. The Labute approximate surface area is 107 Å². The molecule has 1 aliphatic heterocycles. The van der Waals surface area contributed by atoms with Crippen molar-refractivity contribution in [3.05, 3.63) is 18.1 Å². The van der Waals surface area contributed by atoms with Crippen molar-refractivity contribution in [1.29, 1.82) is 0 Å². The first-order valence-corrected chi connectivity index (χ1v) is 6.37. The summed E-state index contributed by atoms with van der Waals surface area (Å²) in [6.07, 6.45) is 5.63. The molecule has 2 heterocycles. The maximum Gasteiger partial charge on any atom is 0.142 e. The molecule has 4 nitrogen and oxygen atoms in total. The van der Waals surface area contributed by atoms with Gasteiger partial charge in [0.15, 0.2) is 0 Å². The first kappa shape index (κ1) is 12.2. The molecule has 2 atom stereocenters. The van der Waals surface area contributed by atoms with Gasteiger partial charge in [-0.05, 0) is 25.7 Å². The first-order chi connectivity index (χ1) is 8.09. The Kier molecular flexibility index (Phi) is 3.57. The zero-order valence-electron chi connectivity index (χ0n) is 10.3. The van der Waals surface area contributed by atoms with Crippen LogP contribution in [0.15, 0.2) is 12.5 Å². The van der Waals surface area contributed by atoms with Gasteiger partial charge in [0, 0.05) is 18.8 Å². The van der Waals surface area contributed by atoms with E-state index in [2.05, 4.69) is 28.7 Å². The van der Waals surface area contributed by atoms with E-state index in [0.717, 1.165) is 23.8 Å². The summed E-state index contributed by atoms with van der Waals surface area (Å²) in [5.74, 6) is 1.66. The van der Waals surface area contributed by atoms with Crippen LogP contribution in [0.4, 0.5) is 5.82 Å². The van der Waals surface area contributed by atoms with Crippen LogP contribution in [0.2, 0.25) is 0 Å². The van der Waals surface area contributed by atoms with Crippen LogP contribution in [0.1, 0.15) is 32.3 Å². The van der Waals surface area contributed by atoms with Gasteiger partial charge >= 0.3 is 0 Å². The van der Waals surface area contributed by atoms with Crippen LogP contribution in [0.25, 0.3) is 0 Å². The lowest BCUT2D eigenvalue weighted by atomic mass is 9.93. The van der Waals surface area contributed by atoms with E-state index in [1.807, 2.05) is 0 Å². The average molecular weight is 250 g/mol. The Morgan fingerprint density at radius 3 is 2.94 bits per heavy atom. The summed E-state index contributed by atoms with van der Waals surface area (Å²) in [7, 11) is 0. The highest BCUT2D eigenvalue weighted by atomic mass is 32.1. The van der Waals surface area contributed by atoms with E-state index in [-0.39, 0.29) is 0 Å². The highest BCUT2D eigenvalue weighted by Gasteiger charge is 2.26. The number of anilines is 1. The van der Waals surface area contributed by atoms with Crippen molar-refractivity contribution < 1.29 is 0 Å². The minimum atomic E-state index is 0.367. The zero-order chi connectivity index (χ0) is 12.4. The van der Waals surface area contributed by atoms with Gasteiger partial charge < -0.3 is 10.6 Å². The van der Waals surface area contributed by atoms with E-state index in [1.165, 1.54) is 12.8 Å². The summed E-state index contributed by atoms with van der Waals surface area (Å²) in [6.45, 7) is 5.53. The fourth-order valence-corrected chi connectivity index (χ4v) is 2.59. The summed E-state index contributed by atoms with van der Waals surface area (Å²) in [4.78, 5) is 11.0. The molecule has 2 N–H and O–H groups in total. The van der Waals surface area contributed by atoms with Crippen LogP contribution in [-0.2, 0) is 0 Å². The third-order valence-electron chi connectivity index (χ3n) is 3.37. The van der Waals surface area contributed by atoms with Crippen LogP contribution in [-0.4, -0.2) is 27.5 Å². The molecular formula is C12H18N4S. The molecule has 0 radical (unpaired) electrons. The van der Waals surface area contributed by atoms with Crippen molar-refractivity contribution in [1.82, 2.24) is 9.97 Å². The fraction of sp³-hybridized carbons (Fsp3) is 0.583. The second-order valence-corrected chi connectivity index (χ2v) is 5.24. The number of nitrogens with zero attached hydrogens (tertiary/aromatic N) is 3. The summed E-state index contributed by atoms with van der Waals surface area (Å²) in [6, 6.07) is 0.474. The van der Waals surface area contributed by atoms with Crippen molar-refractivity contribution in [2.24, 2.45) is 11.7 Å². The number of nitrogens with two attached hydrogens (primary N) is 1. The molecule has 92 valence electrons. The lowest BCUT2D eigenvalue weighted by Gasteiger charge is -2.38. The van der Waals surface area contributed by atoms with Crippen molar-refractivity contribution in [2.45, 2.75) is 32.7 Å². The zero-order valence-corrected chi connectivity index (χ0v) is 11.1. The number of hydrogen-bond acceptors (Lipinski definition) is 4. The molecule has 0 bridgehead atoms. The van der Waals surface area contributed by atoms with E-state index >= 15 is 0 Å². The molecule has 0 amide bonds. The third kappa shape index (κ3) is 2.54. The molecule has 0 saturated carbocycles. The Hall–Kier alpha value is -1.23. The molecular weight excluding hydrogens is 232 g/mol. The van der Waals surface area contributed by atoms with E-state index in [4.69, 9.17) is 18.0 Å². The van der Waals surface area contributed by atoms with Gasteiger partial charge in [0.1, 0.15) is 17.1 Å². The second-order valence-electron chi connectivity index (χ2n) is 4.80. The van der Waals surface area contributed by atoms with Gasteiger partial charge in [-0.15, -0.1) is 0 Å². The molecule has 0 spiro atoms. The topological polar surface area (TPSA) is 55.0 Å². The maximum absolute atomic E-state index is 5.72. The van der Waals surface area contributed by atoms with Crippen molar-refractivity contribution in [2.75, 3.05) is 11.4 Å². The number of thiocarbonyl (C=S) groups is 1. The van der Waals surface area contributed by atoms with Crippen LogP contribution in [0.3, 0.4) is 0 Å². The molecule has 0 aliphatic carbocycles. The summed E-state index contributed by atoms with van der Waals surface area (Å²) >= 11 is 5.05. The van der Waals surface area contributed by atoms with Crippen LogP contribution in [0, 0.1) is 5.92 Å². The molecule has 1 aliphatic rings. The van der Waals surface area contributed by atoms with Gasteiger partial charge in [-0.3, -0.25) is 0 Å². The molecule has 2 rings (SSSR count). The molecule has 1 saturated heterocycles. The van der Waals surface area contributed by atoms with E-state index in [0.29, 0.717) is 11.0 Å². The number of aromatic nitrogens is 2. The van der Waals surface area contributed by atoms with Crippen molar-refractivity contribution >= 4 is 23.0 Å². The molecule has 1 aromatic heterocycles. The Morgan fingerprint density at radius 1 is 1.53 bits per heavy atom. The van der Waals surface area contributed by atoms with Gasteiger partial charge in [-0.1, -0.05) is 19.1 Å². The minimum absolute atomic E-state index is 0.367. The van der Waals surface area contributed by atoms with Crippen molar-refractivity contribution in [3.63, 3.8) is 0 Å². The highest BCUT2D eigenvalue weighted by Crippen LogP contribution is 2.28. The Bertz CT molecular complexity index is 421. The van der Waals surface area contributed by atoms with Gasteiger partial charge in [-0.25, -0.2) is 9.97 Å². The lowest BCUT2D eigenvalue weighted by molar-refractivity contribution is 0.376. The SMILES string of the molecule is CC1CCN(c2ncncc2C(N)=S)C(C)C1. The molecule has 2 unspecified atom stereocenters. The molecule has 5 heteroatoms. The van der Waals surface area contributed by atoms with E-state index in [1.54, 1.807) is 12.5 Å². The van der Waals surface area contributed by atoms with E-state index in [9.17, 15) is 0 Å². The molecule has 1 aromatic rings. The summed E-state index contributed by atoms with van der Waals surface area (Å²) < 4.78 is 0. The molecule has 1 fully saturated rings. The van der Waals surface area contributed by atoms with Gasteiger partial charge in [-0.2, -0.15) is 0 Å². The van der Waals surface area contributed by atoms with Crippen LogP contribution >= 0.6 is 12.2 Å². The quantitative estimate of drug-likeness (QED) is 0.810. The Balaban J connectivity index is 2.30. The van der Waals surface area contributed by atoms with Crippen LogP contribution < -0.4 is 10.6 Å². The highest BCUT2D eigenvalue weighted by molar-refractivity contribution is 7.80. The largest absolute Gasteiger partial charge is 0.389 e. The predicted octanol–water partition coefficient (Wildman–Crippen LogP) is 1.74. The second kappa shape index (κ2) is 4.96. The first-order valence-electron chi connectivity index (χ1n) is 5.96. The van der Waals surface area contributed by atoms with Gasteiger partial charge in [0.05, 0.1) is 5.56 Å². The van der Waals surface area contributed by atoms with Gasteiger partial charge in [0.2, 0.25) is 0 Å². The Morgan fingerprint density at radius 2 is 2.29 bits per heavy atom. The lowest BCUT2D eigenvalue weighted by Crippen LogP contribution is -2.41. The molecule has 17 heavy (non-hydrogen) atoms. The average Bonchev–Trinajstić information content (AvgIpc) is 2.29. The molecule has 0 aromatic carbocycles. The van der Waals surface area contributed by atoms with Crippen LogP contribution in [0.5, 0.6) is 0 Å². The van der Waals surface area contributed by atoms with E-state index < -0.39 is 0 Å². The predicted molar refractivity (Wildman–Crippen MR) is 73.1 cm³/mol. The standard InChI is InChI=1S/C12H18N4S/c1-8-3-4-16(9(2)5-8)12-10(11(13)17)6-14-7-15-12/h6-9H,3-5H2,1-2H3,(H2,13,17). The third-order valence-corrected chi connectivity index (χ3v) is 3.59. The normalized spacial score (nSPS) is 24.7. The maximum atomic E-state index is 5.72. The monoisotopic (exact) mass is 250 g/mol.